The Bertz CT molecular complexity index is 897. The van der Waals surface area contributed by atoms with Crippen LogP contribution in [0.3, 0.4) is 0 Å². The van der Waals surface area contributed by atoms with E-state index in [9.17, 15) is 4.79 Å². The van der Waals surface area contributed by atoms with Crippen molar-refractivity contribution in [2.45, 2.75) is 17.0 Å². The molecule has 0 saturated heterocycles. The summed E-state index contributed by atoms with van der Waals surface area (Å²) in [6.07, 6.45) is 0. The maximum atomic E-state index is 12.5. The van der Waals surface area contributed by atoms with Crippen LogP contribution in [-0.4, -0.2) is 24.0 Å². The van der Waals surface area contributed by atoms with E-state index < -0.39 is 0 Å². The van der Waals surface area contributed by atoms with Crippen molar-refractivity contribution in [3.8, 4) is 5.75 Å². The molecule has 7 heteroatoms. The van der Waals surface area contributed by atoms with Gasteiger partial charge < -0.3 is 10.1 Å². The summed E-state index contributed by atoms with van der Waals surface area (Å²) < 4.78 is 6.61. The van der Waals surface area contributed by atoms with Gasteiger partial charge in [-0.2, -0.15) is 0 Å². The minimum Gasteiger partial charge on any atom is -0.492 e. The number of carbonyl (C=O) groups excluding carboxylic acids is 1. The number of nitrogens with zero attached hydrogens (tertiary/aromatic N) is 1. The van der Waals surface area contributed by atoms with Crippen LogP contribution in [0.2, 0.25) is 5.02 Å². The predicted molar refractivity (Wildman–Crippen MR) is 112 cm³/mol. The van der Waals surface area contributed by atoms with Crippen molar-refractivity contribution in [3.63, 3.8) is 0 Å². The zero-order valence-electron chi connectivity index (χ0n) is 14.8. The van der Waals surface area contributed by atoms with Gasteiger partial charge in [0, 0.05) is 27.4 Å². The zero-order chi connectivity index (χ0) is 19.1. The number of nitrogens with one attached hydrogen (secondary N) is 1. The molecule has 3 rings (SSSR count). The number of thiazole rings is 1. The van der Waals surface area contributed by atoms with Crippen LogP contribution in [0.25, 0.3) is 0 Å². The van der Waals surface area contributed by atoms with E-state index in [1.165, 1.54) is 0 Å². The summed E-state index contributed by atoms with van der Waals surface area (Å²) in [5, 5.41) is 5.61. The normalized spacial score (nSPS) is 10.6. The molecule has 1 heterocycles. The van der Waals surface area contributed by atoms with Crippen molar-refractivity contribution in [1.29, 1.82) is 0 Å². The fourth-order valence-electron chi connectivity index (χ4n) is 2.37. The van der Waals surface area contributed by atoms with E-state index in [0.717, 1.165) is 21.3 Å². The molecule has 0 fully saturated rings. The Labute approximate surface area is 171 Å². The highest BCUT2D eigenvalue weighted by Crippen LogP contribution is 2.27. The van der Waals surface area contributed by atoms with Crippen LogP contribution in [0.5, 0.6) is 5.75 Å². The number of aryl methyl sites for hydroxylation is 1. The first-order valence-corrected chi connectivity index (χ1v) is 10.7. The van der Waals surface area contributed by atoms with Gasteiger partial charge in [0.05, 0.1) is 6.54 Å². The number of thioether (sulfide) groups is 1. The van der Waals surface area contributed by atoms with Gasteiger partial charge in [-0.05, 0) is 42.8 Å². The Morgan fingerprint density at radius 2 is 2.00 bits per heavy atom. The van der Waals surface area contributed by atoms with Crippen molar-refractivity contribution < 1.29 is 9.53 Å². The molecule has 0 aliphatic heterocycles. The third kappa shape index (κ3) is 5.99. The molecular weight excluding hydrogens is 400 g/mol. The molecule has 2 aromatic carbocycles. The van der Waals surface area contributed by atoms with Crippen molar-refractivity contribution in [1.82, 2.24) is 10.3 Å². The first kappa shape index (κ1) is 19.7. The zero-order valence-corrected chi connectivity index (χ0v) is 17.2. The van der Waals surface area contributed by atoms with Gasteiger partial charge in [-0.3, -0.25) is 4.79 Å². The van der Waals surface area contributed by atoms with Gasteiger partial charge >= 0.3 is 0 Å². The fourth-order valence-corrected chi connectivity index (χ4v) is 4.34. The number of halogens is 1. The van der Waals surface area contributed by atoms with Gasteiger partial charge in [0.2, 0.25) is 0 Å². The molecule has 0 aliphatic rings. The smallest absolute Gasteiger partial charge is 0.251 e. The van der Waals surface area contributed by atoms with E-state index in [1.807, 2.05) is 36.6 Å². The van der Waals surface area contributed by atoms with Crippen LogP contribution in [0.1, 0.15) is 21.6 Å². The van der Waals surface area contributed by atoms with Crippen LogP contribution in [0, 0.1) is 6.92 Å². The standard InChI is InChI=1S/C20H19ClN2O2S2/c1-14-12-26-20(23-14)27-13-15-4-2-3-5-18(15)19(24)22-10-11-25-17-8-6-16(21)7-9-17/h2-9,12H,10-11,13H2,1H3,(H,22,24). The van der Waals surface area contributed by atoms with Gasteiger partial charge in [0.15, 0.2) is 0 Å². The third-order valence-electron chi connectivity index (χ3n) is 3.68. The number of carbonyl (C=O) groups is 1. The summed E-state index contributed by atoms with van der Waals surface area (Å²) >= 11 is 9.12. The summed E-state index contributed by atoms with van der Waals surface area (Å²) in [6, 6.07) is 14.8. The van der Waals surface area contributed by atoms with Crippen LogP contribution in [-0.2, 0) is 5.75 Å². The molecule has 0 aliphatic carbocycles. The topological polar surface area (TPSA) is 51.2 Å². The molecule has 1 amide bonds. The van der Waals surface area contributed by atoms with Crippen molar-refractivity contribution in [3.05, 3.63) is 75.8 Å². The Morgan fingerprint density at radius 1 is 1.22 bits per heavy atom. The molecule has 1 N–H and O–H groups in total. The number of rotatable bonds is 8. The first-order chi connectivity index (χ1) is 13.1. The van der Waals surface area contributed by atoms with Gasteiger partial charge in [-0.1, -0.05) is 41.6 Å². The quantitative estimate of drug-likeness (QED) is 0.403. The summed E-state index contributed by atoms with van der Waals surface area (Å²) in [6.45, 7) is 2.80. The van der Waals surface area contributed by atoms with Crippen LogP contribution in [0.4, 0.5) is 0 Å². The lowest BCUT2D eigenvalue weighted by Gasteiger charge is -2.10. The number of benzene rings is 2. The van der Waals surface area contributed by atoms with Crippen LogP contribution >= 0.6 is 34.7 Å². The lowest BCUT2D eigenvalue weighted by molar-refractivity contribution is 0.0946. The number of hydrogen-bond donors (Lipinski definition) is 1. The summed E-state index contributed by atoms with van der Waals surface area (Å²) in [7, 11) is 0. The number of amides is 1. The molecule has 0 spiro atoms. The van der Waals surface area contributed by atoms with Crippen LogP contribution in [0.15, 0.2) is 58.3 Å². The summed E-state index contributed by atoms with van der Waals surface area (Å²) in [5.74, 6) is 1.34. The highest BCUT2D eigenvalue weighted by molar-refractivity contribution is 8.00. The average molecular weight is 419 g/mol. The molecule has 3 aromatic rings. The highest BCUT2D eigenvalue weighted by atomic mass is 35.5. The lowest BCUT2D eigenvalue weighted by Crippen LogP contribution is -2.28. The van der Waals surface area contributed by atoms with Crippen molar-refractivity contribution >= 4 is 40.6 Å². The second-order valence-corrected chi connectivity index (χ2v) is 8.28. The van der Waals surface area contributed by atoms with Gasteiger partial charge in [-0.25, -0.2) is 4.98 Å². The Hall–Kier alpha value is -2.02. The Kier molecular flexibility index (Phi) is 7.15. The van der Waals surface area contributed by atoms with E-state index in [0.29, 0.717) is 29.5 Å². The predicted octanol–water partition coefficient (Wildman–Crippen LogP) is 5.21. The average Bonchev–Trinajstić information content (AvgIpc) is 3.10. The third-order valence-corrected chi connectivity index (χ3v) is 6.12. The van der Waals surface area contributed by atoms with Crippen LogP contribution < -0.4 is 10.1 Å². The second-order valence-electron chi connectivity index (χ2n) is 5.76. The van der Waals surface area contributed by atoms with E-state index in [4.69, 9.17) is 16.3 Å². The maximum absolute atomic E-state index is 12.5. The minimum atomic E-state index is -0.0961. The molecular formula is C20H19ClN2O2S2. The minimum absolute atomic E-state index is 0.0961. The largest absolute Gasteiger partial charge is 0.492 e. The molecule has 140 valence electrons. The van der Waals surface area contributed by atoms with Gasteiger partial charge in [0.25, 0.3) is 5.91 Å². The van der Waals surface area contributed by atoms with Gasteiger partial charge in [0.1, 0.15) is 16.7 Å². The summed E-state index contributed by atoms with van der Waals surface area (Å²) in [5.41, 5.74) is 2.70. The molecule has 0 unspecified atom stereocenters. The fraction of sp³-hybridized carbons (Fsp3) is 0.200. The Balaban J connectivity index is 1.51. The first-order valence-electron chi connectivity index (χ1n) is 8.41. The lowest BCUT2D eigenvalue weighted by atomic mass is 10.1. The maximum Gasteiger partial charge on any atom is 0.251 e. The molecule has 27 heavy (non-hydrogen) atoms. The molecule has 1 aromatic heterocycles. The summed E-state index contributed by atoms with van der Waals surface area (Å²) in [4.78, 5) is 17.0. The molecule has 0 saturated carbocycles. The van der Waals surface area contributed by atoms with Crippen molar-refractivity contribution in [2.24, 2.45) is 0 Å². The number of ether oxygens (including phenoxy) is 1. The van der Waals surface area contributed by atoms with Crippen molar-refractivity contribution in [2.75, 3.05) is 13.2 Å². The van der Waals surface area contributed by atoms with Gasteiger partial charge in [-0.15, -0.1) is 11.3 Å². The molecule has 0 atom stereocenters. The van der Waals surface area contributed by atoms with E-state index in [1.54, 1.807) is 47.4 Å². The molecule has 4 nitrogen and oxygen atoms in total. The number of hydrogen-bond acceptors (Lipinski definition) is 5. The second kappa shape index (κ2) is 9.78. The molecule has 0 radical (unpaired) electrons. The Morgan fingerprint density at radius 3 is 2.74 bits per heavy atom. The molecule has 0 bridgehead atoms. The monoisotopic (exact) mass is 418 g/mol. The number of aromatic nitrogens is 1. The van der Waals surface area contributed by atoms with E-state index >= 15 is 0 Å². The SMILES string of the molecule is Cc1csc(SCc2ccccc2C(=O)NCCOc2ccc(Cl)cc2)n1. The van der Waals surface area contributed by atoms with E-state index in [2.05, 4.69) is 10.3 Å². The van der Waals surface area contributed by atoms with E-state index in [-0.39, 0.29) is 5.91 Å². The highest BCUT2D eigenvalue weighted by Gasteiger charge is 2.11.